The summed E-state index contributed by atoms with van der Waals surface area (Å²) < 4.78 is 0. The molecule has 0 aliphatic heterocycles. The molecule has 2 rings (SSSR count). The third-order valence-electron chi connectivity index (χ3n) is 3.65. The second-order valence-corrected chi connectivity index (χ2v) is 6.11. The van der Waals surface area contributed by atoms with E-state index in [4.69, 9.17) is 11.6 Å². The molecule has 5 heteroatoms. The predicted octanol–water partition coefficient (Wildman–Crippen LogP) is 3.36. The molecule has 24 heavy (non-hydrogen) atoms. The van der Waals surface area contributed by atoms with E-state index >= 15 is 0 Å². The molecule has 0 saturated carbocycles. The van der Waals surface area contributed by atoms with Crippen molar-refractivity contribution in [3.05, 3.63) is 64.7 Å². The number of halogens is 1. The summed E-state index contributed by atoms with van der Waals surface area (Å²) in [6.45, 7) is 3.94. The summed E-state index contributed by atoms with van der Waals surface area (Å²) in [5.74, 6) is -0.350. The average Bonchev–Trinajstić information content (AvgIpc) is 2.53. The third kappa shape index (κ3) is 5.39. The van der Waals surface area contributed by atoms with Gasteiger partial charge in [-0.05, 0) is 43.2 Å². The first-order valence-corrected chi connectivity index (χ1v) is 8.19. The molecule has 0 unspecified atom stereocenters. The lowest BCUT2D eigenvalue weighted by Crippen LogP contribution is -2.40. The molecule has 2 amide bonds. The number of amides is 2. The van der Waals surface area contributed by atoms with Gasteiger partial charge in [-0.15, -0.1) is 0 Å². The van der Waals surface area contributed by atoms with Crippen LogP contribution in [0.5, 0.6) is 0 Å². The van der Waals surface area contributed by atoms with Crippen molar-refractivity contribution in [3.63, 3.8) is 0 Å². The van der Waals surface area contributed by atoms with Crippen LogP contribution in [-0.2, 0) is 16.0 Å². The molecule has 2 aromatic carbocycles. The van der Waals surface area contributed by atoms with Gasteiger partial charge in [-0.25, -0.2) is 0 Å². The molecule has 0 aliphatic carbocycles. The van der Waals surface area contributed by atoms with Crippen LogP contribution >= 0.6 is 11.6 Å². The van der Waals surface area contributed by atoms with E-state index in [-0.39, 0.29) is 18.4 Å². The Kier molecular flexibility index (Phi) is 6.38. The van der Waals surface area contributed by atoms with Gasteiger partial charge in [0.1, 0.15) is 6.54 Å². The van der Waals surface area contributed by atoms with Crippen molar-refractivity contribution in [1.82, 2.24) is 5.32 Å². The highest BCUT2D eigenvalue weighted by molar-refractivity contribution is 6.30. The van der Waals surface area contributed by atoms with Crippen LogP contribution in [0.4, 0.5) is 5.69 Å². The maximum atomic E-state index is 12.1. The Morgan fingerprint density at radius 1 is 1.12 bits per heavy atom. The highest BCUT2D eigenvalue weighted by atomic mass is 35.5. The van der Waals surface area contributed by atoms with Crippen LogP contribution in [-0.4, -0.2) is 24.9 Å². The van der Waals surface area contributed by atoms with Crippen LogP contribution in [0.15, 0.2) is 48.5 Å². The zero-order valence-corrected chi connectivity index (χ0v) is 14.6. The summed E-state index contributed by atoms with van der Waals surface area (Å²) in [5.41, 5.74) is 2.89. The molecule has 0 bridgehead atoms. The van der Waals surface area contributed by atoms with E-state index in [0.29, 0.717) is 18.0 Å². The molecule has 1 N–H and O–H groups in total. The Morgan fingerprint density at radius 3 is 2.46 bits per heavy atom. The van der Waals surface area contributed by atoms with Gasteiger partial charge in [0.25, 0.3) is 0 Å². The van der Waals surface area contributed by atoms with Crippen molar-refractivity contribution < 1.29 is 9.59 Å². The normalized spacial score (nSPS) is 10.3. The molecule has 0 radical (unpaired) electrons. The van der Waals surface area contributed by atoms with Crippen LogP contribution < -0.4 is 10.2 Å². The van der Waals surface area contributed by atoms with Crippen molar-refractivity contribution in [2.24, 2.45) is 0 Å². The summed E-state index contributed by atoms with van der Waals surface area (Å²) in [4.78, 5) is 25.4. The van der Waals surface area contributed by atoms with Gasteiger partial charge in [0.05, 0.1) is 0 Å². The summed E-state index contributed by atoms with van der Waals surface area (Å²) in [6, 6.07) is 15.1. The number of nitrogens with one attached hydrogen (secondary N) is 1. The quantitative estimate of drug-likeness (QED) is 0.873. The highest BCUT2D eigenvalue weighted by Crippen LogP contribution is 2.15. The van der Waals surface area contributed by atoms with Gasteiger partial charge in [-0.2, -0.15) is 0 Å². The predicted molar refractivity (Wildman–Crippen MR) is 97.4 cm³/mol. The van der Waals surface area contributed by atoms with Gasteiger partial charge in [0.2, 0.25) is 11.8 Å². The van der Waals surface area contributed by atoms with E-state index in [9.17, 15) is 9.59 Å². The van der Waals surface area contributed by atoms with Crippen molar-refractivity contribution in [2.45, 2.75) is 20.3 Å². The number of aryl methyl sites for hydroxylation is 1. The fourth-order valence-electron chi connectivity index (χ4n) is 2.35. The molecule has 0 aromatic heterocycles. The lowest BCUT2D eigenvalue weighted by Gasteiger charge is -2.21. The molecule has 4 nitrogen and oxygen atoms in total. The molecular weight excluding hydrogens is 324 g/mol. The van der Waals surface area contributed by atoms with Crippen LogP contribution in [0.25, 0.3) is 0 Å². The molecule has 0 saturated heterocycles. The van der Waals surface area contributed by atoms with E-state index in [0.717, 1.165) is 16.8 Å². The van der Waals surface area contributed by atoms with E-state index in [1.807, 2.05) is 55.5 Å². The summed E-state index contributed by atoms with van der Waals surface area (Å²) in [5, 5.41) is 3.52. The minimum absolute atomic E-state index is 0.00788. The first kappa shape index (κ1) is 18.0. The molecule has 0 aliphatic rings. The molecule has 2 aromatic rings. The topological polar surface area (TPSA) is 49.4 Å². The summed E-state index contributed by atoms with van der Waals surface area (Å²) in [7, 11) is 0. The maximum Gasteiger partial charge on any atom is 0.240 e. The summed E-state index contributed by atoms with van der Waals surface area (Å²) >= 11 is 5.94. The van der Waals surface area contributed by atoms with Gasteiger partial charge in [0, 0.05) is 24.2 Å². The van der Waals surface area contributed by atoms with Gasteiger partial charge < -0.3 is 10.2 Å². The number of rotatable bonds is 6. The maximum absolute atomic E-state index is 12.1. The lowest BCUT2D eigenvalue weighted by molar-refractivity contribution is -0.123. The van der Waals surface area contributed by atoms with Crippen LogP contribution in [0.1, 0.15) is 18.1 Å². The first-order valence-electron chi connectivity index (χ1n) is 7.81. The molecular formula is C19H21ClN2O2. The number of carbonyl (C=O) groups is 2. The number of carbonyl (C=O) groups excluding carboxylic acids is 2. The van der Waals surface area contributed by atoms with Crippen molar-refractivity contribution in [2.75, 3.05) is 18.0 Å². The van der Waals surface area contributed by atoms with E-state index in [2.05, 4.69) is 5.32 Å². The minimum Gasteiger partial charge on any atom is -0.354 e. The monoisotopic (exact) mass is 344 g/mol. The molecule has 0 spiro atoms. The zero-order valence-electron chi connectivity index (χ0n) is 13.9. The average molecular weight is 345 g/mol. The summed E-state index contributed by atoms with van der Waals surface area (Å²) in [6.07, 6.45) is 0.691. The standard InChI is InChI=1S/C19H21ClN2O2/c1-14-6-8-18(9-7-14)22(15(2)23)13-19(24)21-11-10-16-4-3-5-17(20)12-16/h3-9,12H,10-11,13H2,1-2H3,(H,21,24). The largest absolute Gasteiger partial charge is 0.354 e. The Balaban J connectivity index is 1.89. The first-order chi connectivity index (χ1) is 11.5. The molecule has 0 atom stereocenters. The Hall–Kier alpha value is -2.33. The number of benzene rings is 2. The fraction of sp³-hybridized carbons (Fsp3) is 0.263. The minimum atomic E-state index is -0.187. The lowest BCUT2D eigenvalue weighted by atomic mass is 10.1. The second kappa shape index (κ2) is 8.50. The van der Waals surface area contributed by atoms with Crippen molar-refractivity contribution >= 4 is 29.1 Å². The fourth-order valence-corrected chi connectivity index (χ4v) is 2.56. The van der Waals surface area contributed by atoms with Gasteiger partial charge in [0.15, 0.2) is 0 Å². The molecule has 0 heterocycles. The van der Waals surface area contributed by atoms with Gasteiger partial charge >= 0.3 is 0 Å². The molecule has 0 fully saturated rings. The van der Waals surface area contributed by atoms with Gasteiger partial charge in [-0.1, -0.05) is 41.4 Å². The number of hydrogen-bond acceptors (Lipinski definition) is 2. The number of nitrogens with zero attached hydrogens (tertiary/aromatic N) is 1. The number of hydrogen-bond donors (Lipinski definition) is 1. The van der Waals surface area contributed by atoms with Crippen LogP contribution in [0, 0.1) is 6.92 Å². The zero-order chi connectivity index (χ0) is 17.5. The Labute approximate surface area is 147 Å². The Bertz CT molecular complexity index is 714. The van der Waals surface area contributed by atoms with E-state index < -0.39 is 0 Å². The van der Waals surface area contributed by atoms with Crippen LogP contribution in [0.2, 0.25) is 5.02 Å². The van der Waals surface area contributed by atoms with Crippen molar-refractivity contribution in [1.29, 1.82) is 0 Å². The van der Waals surface area contributed by atoms with E-state index in [1.165, 1.54) is 11.8 Å². The second-order valence-electron chi connectivity index (χ2n) is 5.67. The third-order valence-corrected chi connectivity index (χ3v) is 3.89. The highest BCUT2D eigenvalue weighted by Gasteiger charge is 2.15. The van der Waals surface area contributed by atoms with Gasteiger partial charge in [-0.3, -0.25) is 9.59 Å². The smallest absolute Gasteiger partial charge is 0.240 e. The number of anilines is 1. The SMILES string of the molecule is CC(=O)N(CC(=O)NCCc1cccc(Cl)c1)c1ccc(C)cc1. The van der Waals surface area contributed by atoms with E-state index in [1.54, 1.807) is 0 Å². The Morgan fingerprint density at radius 2 is 1.83 bits per heavy atom. The van der Waals surface area contributed by atoms with Crippen LogP contribution in [0.3, 0.4) is 0 Å². The molecule has 126 valence electrons. The van der Waals surface area contributed by atoms with Crippen molar-refractivity contribution in [3.8, 4) is 0 Å².